The lowest BCUT2D eigenvalue weighted by Crippen LogP contribution is -2.54. The Kier molecular flexibility index (Phi) is 6.97. The molecule has 0 radical (unpaired) electrons. The predicted molar refractivity (Wildman–Crippen MR) is 113 cm³/mol. The van der Waals surface area contributed by atoms with Crippen molar-refractivity contribution in [3.8, 4) is 0 Å². The van der Waals surface area contributed by atoms with Crippen LogP contribution in [0.25, 0.3) is 0 Å². The monoisotopic (exact) mass is 370 g/mol. The third kappa shape index (κ3) is 5.57. The molecule has 0 spiro atoms. The van der Waals surface area contributed by atoms with Gasteiger partial charge in [0.05, 0.1) is 0 Å². The van der Waals surface area contributed by atoms with E-state index in [0.29, 0.717) is 12.1 Å². The van der Waals surface area contributed by atoms with Gasteiger partial charge in [0.2, 0.25) is 5.91 Å². The zero-order valence-electron chi connectivity index (χ0n) is 17.5. The van der Waals surface area contributed by atoms with Crippen LogP contribution in [0.4, 0.5) is 0 Å². The van der Waals surface area contributed by atoms with Gasteiger partial charge in [-0.2, -0.15) is 0 Å². The van der Waals surface area contributed by atoms with Gasteiger partial charge in [-0.05, 0) is 52.0 Å². The Balaban J connectivity index is 1.96. The molecule has 2 aliphatic rings. The molecular weight excluding hydrogens is 332 g/mol. The molecule has 1 amide bonds. The van der Waals surface area contributed by atoms with E-state index in [9.17, 15) is 4.79 Å². The molecule has 0 saturated heterocycles. The molecule has 150 valence electrons. The molecule has 3 nitrogen and oxygen atoms in total. The molecule has 27 heavy (non-hydrogen) atoms. The Morgan fingerprint density at radius 2 is 1.37 bits per heavy atom. The molecule has 1 aromatic carbocycles. The van der Waals surface area contributed by atoms with Crippen molar-refractivity contribution >= 4 is 5.91 Å². The lowest BCUT2D eigenvalue weighted by atomic mass is 9.85. The Labute approximate surface area is 165 Å². The van der Waals surface area contributed by atoms with Crippen LogP contribution in [0.2, 0.25) is 0 Å². The van der Waals surface area contributed by atoms with E-state index < -0.39 is 0 Å². The highest BCUT2D eigenvalue weighted by Crippen LogP contribution is 2.37. The molecule has 2 saturated carbocycles. The van der Waals surface area contributed by atoms with Gasteiger partial charge in [-0.1, -0.05) is 68.9 Å². The molecule has 3 heteroatoms. The fourth-order valence-corrected chi connectivity index (χ4v) is 5.01. The van der Waals surface area contributed by atoms with E-state index in [1.54, 1.807) is 0 Å². The SMILES string of the molecule is CC(C)(C)NC(=O)C(c1ccccc1)N(C1CCCCC1)C1CCCCC1. The maximum Gasteiger partial charge on any atom is 0.242 e. The molecule has 3 rings (SSSR count). The minimum atomic E-state index is -0.213. The number of hydrogen-bond donors (Lipinski definition) is 1. The summed E-state index contributed by atoms with van der Waals surface area (Å²) in [5, 5.41) is 3.30. The summed E-state index contributed by atoms with van der Waals surface area (Å²) in [6, 6.07) is 11.4. The summed E-state index contributed by atoms with van der Waals surface area (Å²) in [5.74, 6) is 0.171. The van der Waals surface area contributed by atoms with E-state index in [2.05, 4.69) is 55.3 Å². The van der Waals surface area contributed by atoms with Crippen molar-refractivity contribution in [3.63, 3.8) is 0 Å². The number of carbonyl (C=O) groups is 1. The van der Waals surface area contributed by atoms with Gasteiger partial charge in [-0.25, -0.2) is 0 Å². The maximum atomic E-state index is 13.5. The maximum absolute atomic E-state index is 13.5. The third-order valence-corrected chi connectivity index (χ3v) is 6.15. The van der Waals surface area contributed by atoms with Crippen LogP contribution in [0.15, 0.2) is 30.3 Å². The molecule has 0 aromatic heterocycles. The number of nitrogens with zero attached hydrogens (tertiary/aromatic N) is 1. The summed E-state index contributed by atoms with van der Waals surface area (Å²) in [7, 11) is 0. The van der Waals surface area contributed by atoms with Gasteiger partial charge in [0.1, 0.15) is 6.04 Å². The topological polar surface area (TPSA) is 32.3 Å². The van der Waals surface area contributed by atoms with E-state index in [0.717, 1.165) is 5.56 Å². The largest absolute Gasteiger partial charge is 0.350 e. The van der Waals surface area contributed by atoms with Gasteiger partial charge in [0.25, 0.3) is 0 Å². The quantitative estimate of drug-likeness (QED) is 0.730. The standard InChI is InChI=1S/C24H38N2O/c1-24(2,3)25-23(27)22(19-13-7-4-8-14-19)26(20-15-9-5-10-16-20)21-17-11-6-12-18-21/h4,7-8,13-14,20-22H,5-6,9-12,15-18H2,1-3H3,(H,25,27). The average Bonchev–Trinajstić information content (AvgIpc) is 2.66. The van der Waals surface area contributed by atoms with Crippen molar-refractivity contribution in [3.05, 3.63) is 35.9 Å². The fraction of sp³-hybridized carbons (Fsp3) is 0.708. The van der Waals surface area contributed by atoms with Gasteiger partial charge in [-0.15, -0.1) is 0 Å². The van der Waals surface area contributed by atoms with E-state index in [1.165, 1.54) is 64.2 Å². The lowest BCUT2D eigenvalue weighted by Gasteiger charge is -2.46. The van der Waals surface area contributed by atoms with Crippen LogP contribution in [-0.2, 0) is 4.79 Å². The molecule has 1 aromatic rings. The van der Waals surface area contributed by atoms with E-state index in [1.807, 2.05) is 6.07 Å². The number of nitrogens with one attached hydrogen (secondary N) is 1. The van der Waals surface area contributed by atoms with Crippen LogP contribution >= 0.6 is 0 Å². The number of rotatable bonds is 5. The van der Waals surface area contributed by atoms with E-state index in [4.69, 9.17) is 0 Å². The van der Waals surface area contributed by atoms with Crippen molar-refractivity contribution in [1.82, 2.24) is 10.2 Å². The van der Waals surface area contributed by atoms with E-state index >= 15 is 0 Å². The Bertz CT molecular complexity index is 562. The first-order valence-corrected chi connectivity index (χ1v) is 11.1. The summed E-state index contributed by atoms with van der Waals surface area (Å²) in [6.07, 6.45) is 12.9. The summed E-state index contributed by atoms with van der Waals surface area (Å²) in [4.78, 5) is 16.2. The van der Waals surface area contributed by atoms with Gasteiger partial charge in [0.15, 0.2) is 0 Å². The number of benzene rings is 1. The smallest absolute Gasteiger partial charge is 0.242 e. The van der Waals surface area contributed by atoms with Crippen molar-refractivity contribution < 1.29 is 4.79 Å². The average molecular weight is 371 g/mol. The van der Waals surface area contributed by atoms with Gasteiger partial charge >= 0.3 is 0 Å². The molecular formula is C24H38N2O. The third-order valence-electron chi connectivity index (χ3n) is 6.15. The van der Waals surface area contributed by atoms with Crippen LogP contribution in [0.5, 0.6) is 0 Å². The number of hydrogen-bond acceptors (Lipinski definition) is 2. The van der Waals surface area contributed by atoms with Gasteiger partial charge in [0, 0.05) is 17.6 Å². The highest BCUT2D eigenvalue weighted by Gasteiger charge is 2.39. The predicted octanol–water partition coefficient (Wildman–Crippen LogP) is 5.61. The van der Waals surface area contributed by atoms with Gasteiger partial charge < -0.3 is 5.32 Å². The molecule has 1 atom stereocenters. The van der Waals surface area contributed by atoms with Gasteiger partial charge in [-0.3, -0.25) is 9.69 Å². The first kappa shape index (κ1) is 20.4. The van der Waals surface area contributed by atoms with Crippen LogP contribution in [-0.4, -0.2) is 28.4 Å². The lowest BCUT2D eigenvalue weighted by molar-refractivity contribution is -0.131. The van der Waals surface area contributed by atoms with Crippen molar-refractivity contribution in [1.29, 1.82) is 0 Å². The summed E-state index contributed by atoms with van der Waals surface area (Å²) in [6.45, 7) is 6.25. The van der Waals surface area contributed by atoms with Crippen LogP contribution < -0.4 is 5.32 Å². The minimum Gasteiger partial charge on any atom is -0.350 e. The normalized spacial score (nSPS) is 21.2. The first-order chi connectivity index (χ1) is 13.0. The van der Waals surface area contributed by atoms with Crippen LogP contribution in [0, 0.1) is 0 Å². The Hall–Kier alpha value is -1.35. The summed E-state index contributed by atoms with van der Waals surface area (Å²) >= 11 is 0. The minimum absolute atomic E-state index is 0.170. The second-order valence-electron chi connectivity index (χ2n) is 9.58. The molecule has 0 aliphatic heterocycles. The molecule has 0 bridgehead atoms. The summed E-state index contributed by atoms with van der Waals surface area (Å²) < 4.78 is 0. The van der Waals surface area contributed by atoms with E-state index in [-0.39, 0.29) is 17.5 Å². The second-order valence-corrected chi connectivity index (χ2v) is 9.58. The molecule has 2 fully saturated rings. The first-order valence-electron chi connectivity index (χ1n) is 11.1. The zero-order chi connectivity index (χ0) is 19.3. The van der Waals surface area contributed by atoms with Crippen molar-refractivity contribution in [2.45, 2.75) is 109 Å². The van der Waals surface area contributed by atoms with Crippen LogP contribution in [0.3, 0.4) is 0 Å². The number of carbonyl (C=O) groups excluding carboxylic acids is 1. The molecule has 1 unspecified atom stereocenters. The highest BCUT2D eigenvalue weighted by molar-refractivity contribution is 5.84. The number of amides is 1. The molecule has 2 aliphatic carbocycles. The highest BCUT2D eigenvalue weighted by atomic mass is 16.2. The Morgan fingerprint density at radius 3 is 1.81 bits per heavy atom. The van der Waals surface area contributed by atoms with Crippen molar-refractivity contribution in [2.75, 3.05) is 0 Å². The molecule has 1 N–H and O–H groups in total. The molecule has 0 heterocycles. The zero-order valence-corrected chi connectivity index (χ0v) is 17.5. The summed E-state index contributed by atoms with van der Waals surface area (Å²) in [5.41, 5.74) is 0.935. The second kappa shape index (κ2) is 9.23. The van der Waals surface area contributed by atoms with Crippen molar-refractivity contribution in [2.24, 2.45) is 0 Å². The Morgan fingerprint density at radius 1 is 0.889 bits per heavy atom. The fourth-order valence-electron chi connectivity index (χ4n) is 5.01. The van der Waals surface area contributed by atoms with Crippen LogP contribution in [0.1, 0.15) is 96.6 Å².